The van der Waals surface area contributed by atoms with Crippen molar-refractivity contribution >= 4 is 17.3 Å². The average Bonchev–Trinajstić information content (AvgIpc) is 2.34. The van der Waals surface area contributed by atoms with Crippen LogP contribution in [0.5, 0.6) is 0 Å². The fourth-order valence-corrected chi connectivity index (χ4v) is 3.04. The highest BCUT2D eigenvalue weighted by atomic mass is 35.5. The zero-order valence-electron chi connectivity index (χ0n) is 10.8. The van der Waals surface area contributed by atoms with E-state index < -0.39 is 0 Å². The lowest BCUT2D eigenvalue weighted by Gasteiger charge is -2.48. The summed E-state index contributed by atoms with van der Waals surface area (Å²) in [7, 11) is 0. The van der Waals surface area contributed by atoms with E-state index >= 15 is 0 Å². The molecule has 3 nitrogen and oxygen atoms in total. The van der Waals surface area contributed by atoms with E-state index in [1.165, 1.54) is 24.3 Å². The van der Waals surface area contributed by atoms with Crippen LogP contribution in [0, 0.1) is 6.92 Å². The van der Waals surface area contributed by atoms with Gasteiger partial charge >= 0.3 is 0 Å². The minimum absolute atomic E-state index is 0.727. The number of piperazine rings is 1. The number of anilines is 1. The molecule has 2 aliphatic heterocycles. The average molecular weight is 266 g/mol. The summed E-state index contributed by atoms with van der Waals surface area (Å²) in [5.41, 5.74) is 2.51. The molecule has 2 aliphatic rings. The molecule has 4 heteroatoms. The fraction of sp³-hybridized carbons (Fsp3) is 0.571. The first-order valence-electron chi connectivity index (χ1n) is 6.70. The minimum Gasteiger partial charge on any atom is -0.368 e. The molecule has 1 aromatic rings. The van der Waals surface area contributed by atoms with Gasteiger partial charge in [0.15, 0.2) is 0 Å². The van der Waals surface area contributed by atoms with Gasteiger partial charge in [-0.05, 0) is 24.6 Å². The molecule has 3 rings (SSSR count). The van der Waals surface area contributed by atoms with Crippen LogP contribution in [0.1, 0.15) is 5.56 Å². The SMILES string of the molecule is Cc1c(Cl)cccc1N1CC(N2CCNCC2)C1. The molecule has 0 spiro atoms. The molecule has 0 atom stereocenters. The predicted molar refractivity (Wildman–Crippen MR) is 76.6 cm³/mol. The van der Waals surface area contributed by atoms with Gasteiger partial charge in [0.25, 0.3) is 0 Å². The number of nitrogens with zero attached hydrogens (tertiary/aromatic N) is 2. The Hall–Kier alpha value is -0.770. The van der Waals surface area contributed by atoms with Gasteiger partial charge in [-0.3, -0.25) is 4.90 Å². The summed E-state index contributed by atoms with van der Waals surface area (Å²) < 4.78 is 0. The zero-order valence-corrected chi connectivity index (χ0v) is 11.6. The molecule has 0 unspecified atom stereocenters. The van der Waals surface area contributed by atoms with Gasteiger partial charge in [-0.1, -0.05) is 17.7 Å². The smallest absolute Gasteiger partial charge is 0.0455 e. The first-order chi connectivity index (χ1) is 8.75. The highest BCUT2D eigenvalue weighted by Gasteiger charge is 2.33. The normalized spacial score (nSPS) is 22.0. The van der Waals surface area contributed by atoms with Crippen LogP contribution < -0.4 is 10.2 Å². The number of benzene rings is 1. The summed E-state index contributed by atoms with van der Waals surface area (Å²) in [5.74, 6) is 0. The molecule has 0 aromatic heterocycles. The Balaban J connectivity index is 1.63. The van der Waals surface area contributed by atoms with E-state index in [1.54, 1.807) is 0 Å². The first-order valence-corrected chi connectivity index (χ1v) is 7.08. The van der Waals surface area contributed by atoms with E-state index in [9.17, 15) is 0 Å². The quantitative estimate of drug-likeness (QED) is 0.879. The van der Waals surface area contributed by atoms with E-state index in [2.05, 4.69) is 28.1 Å². The van der Waals surface area contributed by atoms with Gasteiger partial charge in [-0.25, -0.2) is 0 Å². The van der Waals surface area contributed by atoms with Crippen LogP contribution in [0.25, 0.3) is 0 Å². The molecule has 2 fully saturated rings. The third-order valence-corrected chi connectivity index (χ3v) is 4.52. The monoisotopic (exact) mass is 265 g/mol. The van der Waals surface area contributed by atoms with Crippen molar-refractivity contribution in [2.75, 3.05) is 44.2 Å². The van der Waals surface area contributed by atoms with Crippen LogP contribution in [0.2, 0.25) is 5.02 Å². The van der Waals surface area contributed by atoms with Crippen molar-refractivity contribution in [1.82, 2.24) is 10.2 Å². The molecule has 2 heterocycles. The van der Waals surface area contributed by atoms with Crippen molar-refractivity contribution in [2.24, 2.45) is 0 Å². The molecule has 0 bridgehead atoms. The Bertz CT molecular complexity index is 423. The van der Waals surface area contributed by atoms with Gasteiger partial charge in [0, 0.05) is 56.0 Å². The Morgan fingerprint density at radius 1 is 1.22 bits per heavy atom. The van der Waals surface area contributed by atoms with Gasteiger partial charge in [0.05, 0.1) is 0 Å². The van der Waals surface area contributed by atoms with Crippen LogP contribution in [0.15, 0.2) is 18.2 Å². The molecule has 1 aromatic carbocycles. The second-order valence-electron chi connectivity index (χ2n) is 5.23. The highest BCUT2D eigenvalue weighted by Crippen LogP contribution is 2.30. The lowest BCUT2D eigenvalue weighted by Crippen LogP contribution is -2.63. The maximum atomic E-state index is 6.18. The van der Waals surface area contributed by atoms with Crippen molar-refractivity contribution < 1.29 is 0 Å². The van der Waals surface area contributed by atoms with E-state index in [4.69, 9.17) is 11.6 Å². The molecule has 0 aliphatic carbocycles. The number of rotatable bonds is 2. The summed E-state index contributed by atoms with van der Waals surface area (Å²) in [4.78, 5) is 5.04. The first kappa shape index (κ1) is 12.3. The summed E-state index contributed by atoms with van der Waals surface area (Å²) in [6.45, 7) is 9.03. The maximum Gasteiger partial charge on any atom is 0.0455 e. The second-order valence-corrected chi connectivity index (χ2v) is 5.64. The largest absolute Gasteiger partial charge is 0.368 e. The molecule has 2 saturated heterocycles. The van der Waals surface area contributed by atoms with Crippen molar-refractivity contribution in [3.63, 3.8) is 0 Å². The van der Waals surface area contributed by atoms with Crippen molar-refractivity contribution in [2.45, 2.75) is 13.0 Å². The molecular formula is C14H20ClN3. The van der Waals surface area contributed by atoms with Crippen LogP contribution >= 0.6 is 11.6 Å². The Morgan fingerprint density at radius 2 is 1.94 bits per heavy atom. The molecule has 0 amide bonds. The summed E-state index contributed by atoms with van der Waals surface area (Å²) >= 11 is 6.18. The van der Waals surface area contributed by atoms with Crippen LogP contribution in [0.4, 0.5) is 5.69 Å². The second kappa shape index (κ2) is 5.08. The Kier molecular flexibility index (Phi) is 3.46. The third kappa shape index (κ3) is 2.22. The summed E-state index contributed by atoms with van der Waals surface area (Å²) in [5, 5.41) is 4.28. The predicted octanol–water partition coefficient (Wildman–Crippen LogP) is 1.74. The Labute approximate surface area is 114 Å². The van der Waals surface area contributed by atoms with Gasteiger partial charge < -0.3 is 10.2 Å². The van der Waals surface area contributed by atoms with E-state index in [0.717, 1.165) is 37.2 Å². The number of halogens is 1. The summed E-state index contributed by atoms with van der Waals surface area (Å²) in [6, 6.07) is 6.91. The summed E-state index contributed by atoms with van der Waals surface area (Å²) in [6.07, 6.45) is 0. The topological polar surface area (TPSA) is 18.5 Å². The van der Waals surface area contributed by atoms with Crippen molar-refractivity contribution in [3.05, 3.63) is 28.8 Å². The van der Waals surface area contributed by atoms with E-state index in [1.807, 2.05) is 12.1 Å². The molecular weight excluding hydrogens is 246 g/mol. The van der Waals surface area contributed by atoms with Crippen LogP contribution in [-0.2, 0) is 0 Å². The fourth-order valence-electron chi connectivity index (χ4n) is 2.87. The van der Waals surface area contributed by atoms with Gasteiger partial charge in [0.2, 0.25) is 0 Å². The molecule has 0 saturated carbocycles. The number of nitrogens with one attached hydrogen (secondary N) is 1. The van der Waals surface area contributed by atoms with Crippen molar-refractivity contribution in [3.8, 4) is 0 Å². The van der Waals surface area contributed by atoms with Crippen LogP contribution in [-0.4, -0.2) is 50.2 Å². The number of hydrogen-bond acceptors (Lipinski definition) is 3. The molecule has 0 radical (unpaired) electrons. The van der Waals surface area contributed by atoms with E-state index in [-0.39, 0.29) is 0 Å². The lowest BCUT2D eigenvalue weighted by atomic mass is 10.0. The molecule has 18 heavy (non-hydrogen) atoms. The zero-order chi connectivity index (χ0) is 12.5. The minimum atomic E-state index is 0.727. The molecule has 1 N–H and O–H groups in total. The number of hydrogen-bond donors (Lipinski definition) is 1. The van der Waals surface area contributed by atoms with Gasteiger partial charge in [0.1, 0.15) is 0 Å². The van der Waals surface area contributed by atoms with Crippen LogP contribution in [0.3, 0.4) is 0 Å². The molecule has 98 valence electrons. The standard InChI is InChI=1S/C14H20ClN3/c1-11-13(15)3-2-4-14(11)18-9-12(10-18)17-7-5-16-6-8-17/h2-4,12,16H,5-10H2,1H3. The lowest BCUT2D eigenvalue weighted by molar-refractivity contribution is 0.147. The Morgan fingerprint density at radius 3 is 2.67 bits per heavy atom. The van der Waals surface area contributed by atoms with Crippen molar-refractivity contribution in [1.29, 1.82) is 0 Å². The van der Waals surface area contributed by atoms with E-state index in [0.29, 0.717) is 0 Å². The van der Waals surface area contributed by atoms with Gasteiger partial charge in [-0.15, -0.1) is 0 Å². The van der Waals surface area contributed by atoms with Gasteiger partial charge in [-0.2, -0.15) is 0 Å². The highest BCUT2D eigenvalue weighted by molar-refractivity contribution is 6.31. The third-order valence-electron chi connectivity index (χ3n) is 4.11. The maximum absolute atomic E-state index is 6.18.